The van der Waals surface area contributed by atoms with E-state index in [1.807, 2.05) is 31.2 Å². The van der Waals surface area contributed by atoms with E-state index in [-0.39, 0.29) is 17.4 Å². The number of hydrogen-bond acceptors (Lipinski definition) is 1. The Morgan fingerprint density at radius 2 is 1.68 bits per heavy atom. The minimum absolute atomic E-state index is 0.0716. The van der Waals surface area contributed by atoms with Crippen molar-refractivity contribution in [1.29, 1.82) is 0 Å². The molecule has 0 rings (SSSR count). The van der Waals surface area contributed by atoms with Crippen LogP contribution in [0.1, 0.15) is 74.7 Å². The Bertz CT molecular complexity index is 504. The summed E-state index contributed by atoms with van der Waals surface area (Å²) in [4.78, 5) is 0. The van der Waals surface area contributed by atoms with E-state index in [4.69, 9.17) is 0 Å². The predicted octanol–water partition coefficient (Wildman–Crippen LogP) is 6.55. The Hall–Kier alpha value is -1.26. The Kier molecular flexibility index (Phi) is 11.5. The maximum atomic E-state index is 10.6. The molecule has 1 nitrogen and oxygen atoms in total. The number of aliphatic hydroxyl groups is 1. The molecule has 0 fully saturated rings. The summed E-state index contributed by atoms with van der Waals surface area (Å²) in [6, 6.07) is 0. The Balaban J connectivity index is 4.52. The highest BCUT2D eigenvalue weighted by molar-refractivity contribution is 5.19. The molecule has 4 atom stereocenters. The molecule has 0 saturated heterocycles. The Labute approximate surface area is 157 Å². The van der Waals surface area contributed by atoms with Crippen LogP contribution in [0.5, 0.6) is 0 Å². The zero-order valence-corrected chi connectivity index (χ0v) is 17.8. The lowest BCUT2D eigenvalue weighted by molar-refractivity contribution is 0.0956. The van der Waals surface area contributed by atoms with Gasteiger partial charge >= 0.3 is 0 Å². The van der Waals surface area contributed by atoms with Gasteiger partial charge in [0.15, 0.2) is 0 Å². The first-order chi connectivity index (χ1) is 11.6. The third-order valence-corrected chi connectivity index (χ3v) is 4.84. The summed E-state index contributed by atoms with van der Waals surface area (Å²) in [6.07, 6.45) is 12.9. The topological polar surface area (TPSA) is 20.2 Å². The first kappa shape index (κ1) is 23.7. The van der Waals surface area contributed by atoms with Crippen molar-refractivity contribution in [2.75, 3.05) is 0 Å². The molecule has 0 aromatic carbocycles. The van der Waals surface area contributed by atoms with Gasteiger partial charge in [-0.15, -0.1) is 0 Å². The molecule has 0 aliphatic heterocycles. The zero-order chi connectivity index (χ0) is 19.5. The lowest BCUT2D eigenvalue weighted by Gasteiger charge is -2.30. The molecule has 0 amide bonds. The smallest absolute Gasteiger partial charge is 0.0778 e. The van der Waals surface area contributed by atoms with Crippen LogP contribution in [0.4, 0.5) is 0 Å². The first-order valence-corrected chi connectivity index (χ1v) is 9.78. The summed E-state index contributed by atoms with van der Waals surface area (Å²) < 4.78 is 0. The van der Waals surface area contributed by atoms with Crippen LogP contribution in [0.2, 0.25) is 0 Å². The Morgan fingerprint density at radius 3 is 2.24 bits per heavy atom. The fraction of sp³-hybridized carbons (Fsp3) is 0.667. The summed E-state index contributed by atoms with van der Waals surface area (Å²) >= 11 is 0. The minimum atomic E-state index is -0.374. The number of aliphatic hydroxyl groups excluding tert-OH is 1. The van der Waals surface area contributed by atoms with Gasteiger partial charge in [-0.05, 0) is 51.0 Å². The molecule has 0 radical (unpaired) electrons. The second-order valence-electron chi connectivity index (χ2n) is 8.41. The fourth-order valence-corrected chi connectivity index (χ4v) is 2.83. The maximum Gasteiger partial charge on any atom is 0.0778 e. The van der Waals surface area contributed by atoms with Crippen molar-refractivity contribution < 1.29 is 5.11 Å². The van der Waals surface area contributed by atoms with Crippen molar-refractivity contribution in [2.24, 2.45) is 23.2 Å². The van der Waals surface area contributed by atoms with Crippen molar-refractivity contribution in [3.8, 4) is 11.8 Å². The SMILES string of the molecule is CCCC(C)C(C)[C@H](C)[C@H](O)/C(C)=C/C=C/C=C\CC#CC(C)(C)C. The van der Waals surface area contributed by atoms with Gasteiger partial charge in [0.1, 0.15) is 0 Å². The second kappa shape index (κ2) is 12.2. The van der Waals surface area contributed by atoms with Gasteiger partial charge in [-0.1, -0.05) is 82.8 Å². The molecule has 0 aromatic rings. The molecular weight excluding hydrogens is 304 g/mol. The molecule has 0 aliphatic rings. The molecule has 0 aromatic heterocycles. The molecule has 0 spiro atoms. The van der Waals surface area contributed by atoms with Crippen LogP contribution in [-0.2, 0) is 0 Å². The van der Waals surface area contributed by atoms with Gasteiger partial charge in [-0.25, -0.2) is 0 Å². The third-order valence-electron chi connectivity index (χ3n) is 4.84. The van der Waals surface area contributed by atoms with Crippen molar-refractivity contribution in [1.82, 2.24) is 0 Å². The van der Waals surface area contributed by atoms with E-state index >= 15 is 0 Å². The molecule has 0 saturated carbocycles. The fourth-order valence-electron chi connectivity index (χ4n) is 2.83. The molecule has 25 heavy (non-hydrogen) atoms. The van der Waals surface area contributed by atoms with Crippen molar-refractivity contribution in [3.63, 3.8) is 0 Å². The molecule has 0 heterocycles. The zero-order valence-electron chi connectivity index (χ0n) is 17.8. The van der Waals surface area contributed by atoms with E-state index in [0.717, 1.165) is 12.0 Å². The predicted molar refractivity (Wildman–Crippen MR) is 112 cm³/mol. The van der Waals surface area contributed by atoms with E-state index in [0.29, 0.717) is 11.8 Å². The van der Waals surface area contributed by atoms with Crippen LogP contribution in [0, 0.1) is 35.0 Å². The van der Waals surface area contributed by atoms with Gasteiger partial charge in [0.05, 0.1) is 6.10 Å². The molecule has 0 aliphatic carbocycles. The standard InChI is InChI=1S/C24H40O/c1-9-16-19(2)21(4)22(5)23(25)20(3)17-14-12-10-11-13-15-18-24(6,7)8/h10-12,14,17,19,21-23,25H,9,13,16H2,1-8H3/b11-10-,14-12+,20-17+/t19?,21?,22-,23+/m0/s1. The average molecular weight is 345 g/mol. The largest absolute Gasteiger partial charge is 0.388 e. The molecule has 2 unspecified atom stereocenters. The summed E-state index contributed by atoms with van der Waals surface area (Å²) in [6.45, 7) is 17.3. The van der Waals surface area contributed by atoms with Gasteiger partial charge in [0.25, 0.3) is 0 Å². The monoisotopic (exact) mass is 344 g/mol. The van der Waals surface area contributed by atoms with Crippen LogP contribution in [0.15, 0.2) is 36.0 Å². The van der Waals surface area contributed by atoms with Crippen LogP contribution < -0.4 is 0 Å². The molecule has 1 N–H and O–H groups in total. The highest BCUT2D eigenvalue weighted by atomic mass is 16.3. The highest BCUT2D eigenvalue weighted by Gasteiger charge is 2.25. The van der Waals surface area contributed by atoms with Crippen molar-refractivity contribution >= 4 is 0 Å². The number of allylic oxidation sites excluding steroid dienone is 5. The number of rotatable bonds is 9. The Morgan fingerprint density at radius 1 is 1.04 bits per heavy atom. The molecule has 1 heteroatoms. The lowest BCUT2D eigenvalue weighted by atomic mass is 9.78. The second-order valence-corrected chi connectivity index (χ2v) is 8.41. The molecule has 142 valence electrons. The van der Waals surface area contributed by atoms with Crippen molar-refractivity contribution in [3.05, 3.63) is 36.0 Å². The molecule has 0 bridgehead atoms. The van der Waals surface area contributed by atoms with E-state index in [9.17, 15) is 5.11 Å². The van der Waals surface area contributed by atoms with Crippen LogP contribution in [-0.4, -0.2) is 11.2 Å². The van der Waals surface area contributed by atoms with E-state index in [1.54, 1.807) is 0 Å². The van der Waals surface area contributed by atoms with Gasteiger partial charge < -0.3 is 5.11 Å². The summed E-state index contributed by atoms with van der Waals surface area (Å²) in [7, 11) is 0. The van der Waals surface area contributed by atoms with Crippen LogP contribution in [0.3, 0.4) is 0 Å². The van der Waals surface area contributed by atoms with E-state index in [1.165, 1.54) is 12.8 Å². The molecular formula is C24H40O. The van der Waals surface area contributed by atoms with E-state index < -0.39 is 0 Å². The van der Waals surface area contributed by atoms with Gasteiger partial charge in [0, 0.05) is 11.8 Å². The first-order valence-electron chi connectivity index (χ1n) is 9.78. The van der Waals surface area contributed by atoms with Crippen LogP contribution in [0.25, 0.3) is 0 Å². The highest BCUT2D eigenvalue weighted by Crippen LogP contribution is 2.29. The van der Waals surface area contributed by atoms with E-state index in [2.05, 4.69) is 66.4 Å². The summed E-state index contributed by atoms with van der Waals surface area (Å²) in [5, 5.41) is 10.6. The van der Waals surface area contributed by atoms with Crippen LogP contribution >= 0.6 is 0 Å². The quantitative estimate of drug-likeness (QED) is 0.371. The van der Waals surface area contributed by atoms with Gasteiger partial charge in [0.2, 0.25) is 0 Å². The summed E-state index contributed by atoms with van der Waals surface area (Å²) in [5.74, 6) is 7.82. The maximum absolute atomic E-state index is 10.6. The number of hydrogen-bond donors (Lipinski definition) is 1. The van der Waals surface area contributed by atoms with Gasteiger partial charge in [-0.3, -0.25) is 0 Å². The van der Waals surface area contributed by atoms with Crippen molar-refractivity contribution in [2.45, 2.75) is 80.8 Å². The summed E-state index contributed by atoms with van der Waals surface area (Å²) in [5.41, 5.74) is 1.10. The average Bonchev–Trinajstić information content (AvgIpc) is 2.54. The lowest BCUT2D eigenvalue weighted by Crippen LogP contribution is -2.28. The van der Waals surface area contributed by atoms with Gasteiger partial charge in [-0.2, -0.15) is 0 Å². The normalized spacial score (nSPS) is 18.0. The minimum Gasteiger partial charge on any atom is -0.388 e. The third kappa shape index (κ3) is 11.1.